The van der Waals surface area contributed by atoms with Crippen molar-refractivity contribution in [2.24, 2.45) is 9.98 Å². The molecule has 0 fully saturated rings. The molecule has 2 aliphatic rings. The number of allylic oxidation sites excluding steroid dienone is 1. The molecule has 2 aromatic carbocycles. The van der Waals surface area contributed by atoms with E-state index < -0.39 is 12.2 Å². The Hall–Kier alpha value is -4.18. The van der Waals surface area contributed by atoms with Gasteiger partial charge in [0.05, 0.1) is 5.69 Å². The summed E-state index contributed by atoms with van der Waals surface area (Å²) in [6.07, 6.45) is 4.78. The van der Waals surface area contributed by atoms with Crippen LogP contribution in [-0.4, -0.2) is 44.9 Å². The Labute approximate surface area is 206 Å². The lowest BCUT2D eigenvalue weighted by molar-refractivity contribution is -0.137. The molecule has 2 aliphatic heterocycles. The molecule has 184 valence electrons. The van der Waals surface area contributed by atoms with Crippen molar-refractivity contribution in [2.45, 2.75) is 38.3 Å². The second-order valence-electron chi connectivity index (χ2n) is 8.54. The quantitative estimate of drug-likeness (QED) is 0.430. The Balaban J connectivity index is 1.47. The first-order valence-corrected chi connectivity index (χ1v) is 11.7. The third-order valence-electron chi connectivity index (χ3n) is 6.08. The molecule has 2 N–H and O–H groups in total. The van der Waals surface area contributed by atoms with Crippen molar-refractivity contribution in [3.8, 4) is 11.4 Å². The molecule has 0 spiro atoms. The van der Waals surface area contributed by atoms with Crippen LogP contribution in [0, 0.1) is 5.82 Å². The number of fused-ring (bicyclic) bond motifs is 1. The van der Waals surface area contributed by atoms with Crippen molar-refractivity contribution in [3.05, 3.63) is 65.8 Å². The fraction of sp³-hybridized carbons (Fsp3) is 0.269. The van der Waals surface area contributed by atoms with E-state index in [4.69, 9.17) is 14.6 Å². The van der Waals surface area contributed by atoms with Gasteiger partial charge in [-0.1, -0.05) is 17.3 Å². The molecular weight excluding hydrogens is 465 g/mol. The number of rotatable bonds is 8. The molecule has 3 heterocycles. The normalized spacial score (nSPS) is 16.9. The van der Waals surface area contributed by atoms with Crippen LogP contribution in [-0.2, 0) is 4.79 Å². The highest BCUT2D eigenvalue weighted by Crippen LogP contribution is 2.39. The second kappa shape index (κ2) is 10.2. The first-order chi connectivity index (χ1) is 17.5. The number of hydrogen-bond acceptors (Lipinski definition) is 8. The lowest BCUT2D eigenvalue weighted by atomic mass is 10.0. The minimum atomic E-state index is -1.06. The zero-order valence-electron chi connectivity index (χ0n) is 19.3. The van der Waals surface area contributed by atoms with E-state index in [-0.39, 0.29) is 12.2 Å². The number of aliphatic imine (C=N–C) groups is 2. The van der Waals surface area contributed by atoms with Gasteiger partial charge in [0.15, 0.2) is 6.23 Å². The summed E-state index contributed by atoms with van der Waals surface area (Å²) in [7, 11) is 0. The summed E-state index contributed by atoms with van der Waals surface area (Å²) in [5.41, 5.74) is 3.33. The van der Waals surface area contributed by atoms with Gasteiger partial charge in [-0.3, -0.25) is 14.7 Å². The summed E-state index contributed by atoms with van der Waals surface area (Å²) in [6.45, 7) is 0.675. The Morgan fingerprint density at radius 3 is 2.75 bits per heavy atom. The van der Waals surface area contributed by atoms with Gasteiger partial charge in [-0.15, -0.1) is 0 Å². The predicted molar refractivity (Wildman–Crippen MR) is 133 cm³/mol. The number of carboxylic acid groups (broad SMARTS) is 1. The molecule has 0 saturated carbocycles. The molecule has 0 bridgehead atoms. The smallest absolute Gasteiger partial charge is 0.303 e. The van der Waals surface area contributed by atoms with Gasteiger partial charge in [-0.05, 0) is 55.7 Å². The number of aliphatic carboxylic acids is 1. The Kier molecular flexibility index (Phi) is 6.68. The number of aliphatic hydroxyl groups excluding tert-OH is 1. The number of halogens is 1. The molecule has 1 aromatic heterocycles. The maximum atomic E-state index is 13.5. The summed E-state index contributed by atoms with van der Waals surface area (Å²) >= 11 is 0. The Bertz CT molecular complexity index is 1360. The van der Waals surface area contributed by atoms with Gasteiger partial charge in [0, 0.05) is 48.0 Å². The molecule has 1 atom stereocenters. The third-order valence-corrected chi connectivity index (χ3v) is 6.08. The molecule has 3 aromatic rings. The van der Waals surface area contributed by atoms with Crippen LogP contribution in [0.2, 0.25) is 0 Å². The van der Waals surface area contributed by atoms with Crippen LogP contribution in [0.15, 0.2) is 63.0 Å². The number of dihydropyridines is 1. The number of nitrogens with zero attached hydrogens (tertiary/aromatic N) is 5. The number of aromatic nitrogens is 2. The van der Waals surface area contributed by atoms with Crippen molar-refractivity contribution in [3.63, 3.8) is 0 Å². The Morgan fingerprint density at radius 2 is 2.00 bits per heavy atom. The highest BCUT2D eigenvalue weighted by molar-refractivity contribution is 6.01. The number of carboxylic acids is 1. The molecule has 9 nitrogen and oxygen atoms in total. The lowest BCUT2D eigenvalue weighted by Crippen LogP contribution is -2.37. The minimum absolute atomic E-state index is 0.0512. The van der Waals surface area contributed by atoms with Crippen LogP contribution in [0.4, 0.5) is 15.8 Å². The number of anilines is 1. The first kappa shape index (κ1) is 23.6. The van der Waals surface area contributed by atoms with Crippen LogP contribution in [0.5, 0.6) is 0 Å². The maximum absolute atomic E-state index is 13.5. The number of unbranched alkanes of at least 4 members (excludes halogenated alkanes) is 1. The zero-order valence-corrected chi connectivity index (χ0v) is 19.3. The van der Waals surface area contributed by atoms with Crippen molar-refractivity contribution in [1.82, 2.24) is 10.1 Å². The van der Waals surface area contributed by atoms with E-state index in [2.05, 4.69) is 15.1 Å². The minimum Gasteiger partial charge on any atom is -0.481 e. The standard InChI is InChI=1S/C26H24FN5O4/c27-18-6-8-19(9-7-18)32-22(3-1-2-4-23(33)34)29-21-15-17(5-10-20(21)26(32)35)24-30-25(36-31-24)16-11-13-28-14-12-16/h5-11,13,15,26,35H,1-4,12,14H2,(H,33,34). The molecule has 0 amide bonds. The molecule has 1 unspecified atom stereocenters. The average Bonchev–Trinajstić information content (AvgIpc) is 3.38. The second-order valence-corrected chi connectivity index (χ2v) is 8.54. The van der Waals surface area contributed by atoms with E-state index in [1.807, 2.05) is 6.08 Å². The fourth-order valence-electron chi connectivity index (χ4n) is 4.23. The van der Waals surface area contributed by atoms with Gasteiger partial charge in [0.25, 0.3) is 5.89 Å². The maximum Gasteiger partial charge on any atom is 0.303 e. The van der Waals surface area contributed by atoms with E-state index in [0.717, 1.165) is 12.0 Å². The van der Waals surface area contributed by atoms with E-state index in [9.17, 15) is 14.3 Å². The van der Waals surface area contributed by atoms with Gasteiger partial charge in [-0.25, -0.2) is 9.38 Å². The van der Waals surface area contributed by atoms with Gasteiger partial charge >= 0.3 is 5.97 Å². The molecule has 0 radical (unpaired) electrons. The molecule has 0 aliphatic carbocycles. The van der Waals surface area contributed by atoms with Crippen LogP contribution < -0.4 is 4.90 Å². The molecule has 5 rings (SSSR count). The summed E-state index contributed by atoms with van der Waals surface area (Å²) < 4.78 is 19.0. The molecule has 0 saturated heterocycles. The number of benzene rings is 2. The topological polar surface area (TPSA) is 124 Å². The predicted octanol–water partition coefficient (Wildman–Crippen LogP) is 4.92. The van der Waals surface area contributed by atoms with E-state index in [0.29, 0.717) is 65.9 Å². The summed E-state index contributed by atoms with van der Waals surface area (Å²) in [5, 5.41) is 24.4. The van der Waals surface area contributed by atoms with Gasteiger partial charge in [0.2, 0.25) is 5.82 Å². The van der Waals surface area contributed by atoms with Crippen LogP contribution in [0.1, 0.15) is 49.8 Å². The van der Waals surface area contributed by atoms with Gasteiger partial charge < -0.3 is 14.7 Å². The van der Waals surface area contributed by atoms with Crippen molar-refractivity contribution in [2.75, 3.05) is 11.4 Å². The third kappa shape index (κ3) is 4.94. The Morgan fingerprint density at radius 1 is 1.17 bits per heavy atom. The van der Waals surface area contributed by atoms with Crippen LogP contribution in [0.25, 0.3) is 17.0 Å². The summed E-state index contributed by atoms with van der Waals surface area (Å²) in [4.78, 5) is 26.0. The van der Waals surface area contributed by atoms with Crippen LogP contribution in [0.3, 0.4) is 0 Å². The number of hydrogen-bond donors (Lipinski definition) is 2. The molecule has 10 heteroatoms. The monoisotopic (exact) mass is 489 g/mol. The summed E-state index contributed by atoms with van der Waals surface area (Å²) in [6, 6.07) is 11.2. The van der Waals surface area contributed by atoms with Crippen molar-refractivity contribution < 1.29 is 23.9 Å². The number of carbonyl (C=O) groups is 1. The number of amidine groups is 1. The van der Waals surface area contributed by atoms with Crippen molar-refractivity contribution in [1.29, 1.82) is 0 Å². The highest BCUT2D eigenvalue weighted by atomic mass is 19.1. The van der Waals surface area contributed by atoms with E-state index in [1.165, 1.54) is 12.1 Å². The van der Waals surface area contributed by atoms with E-state index in [1.54, 1.807) is 41.4 Å². The highest BCUT2D eigenvalue weighted by Gasteiger charge is 2.30. The number of aliphatic hydroxyl groups is 1. The molecule has 36 heavy (non-hydrogen) atoms. The van der Waals surface area contributed by atoms with Gasteiger partial charge in [0.1, 0.15) is 11.7 Å². The zero-order chi connectivity index (χ0) is 25.1. The fourth-order valence-corrected chi connectivity index (χ4v) is 4.23. The molecular formula is C26H24FN5O4. The van der Waals surface area contributed by atoms with E-state index >= 15 is 0 Å². The van der Waals surface area contributed by atoms with Crippen LogP contribution >= 0.6 is 0 Å². The summed E-state index contributed by atoms with van der Waals surface area (Å²) in [5.74, 6) is 0.168. The van der Waals surface area contributed by atoms with Crippen molar-refractivity contribution >= 4 is 35.0 Å². The van der Waals surface area contributed by atoms with Gasteiger partial charge in [-0.2, -0.15) is 4.98 Å². The first-order valence-electron chi connectivity index (χ1n) is 11.7. The average molecular weight is 490 g/mol. The largest absolute Gasteiger partial charge is 0.481 e. The lowest BCUT2D eigenvalue weighted by Gasteiger charge is -2.35. The SMILES string of the molecule is O=C(O)CCCCC1=Nc2cc(-c3noc(C4=CC=NCC4)n3)ccc2C(O)N1c1ccc(F)cc1.